The summed E-state index contributed by atoms with van der Waals surface area (Å²) in [7, 11) is -2.09. The molecule has 0 radical (unpaired) electrons. The first kappa shape index (κ1) is 24.9. The van der Waals surface area contributed by atoms with Crippen LogP contribution in [0, 0.1) is 17.2 Å². The van der Waals surface area contributed by atoms with Crippen LogP contribution in [-0.2, 0) is 10.0 Å². The fraction of sp³-hybridized carbons (Fsp3) is 0.480. The third-order valence-corrected chi connectivity index (χ3v) is 8.95. The van der Waals surface area contributed by atoms with E-state index in [2.05, 4.69) is 16.4 Å². The van der Waals surface area contributed by atoms with Gasteiger partial charge in [-0.2, -0.15) is 14.7 Å². The number of aromatic amines is 1. The SMILES string of the molecule is CN(C(C)(C)C)S(=O)(=O)c1ccc(Nc2nn(C3CCCCCC3C#N)c3cc[nH]c(=O)c23)cc1. The van der Waals surface area contributed by atoms with Gasteiger partial charge in [-0.25, -0.2) is 8.42 Å². The Kier molecular flexibility index (Phi) is 6.75. The second-order valence-electron chi connectivity index (χ2n) is 10.1. The number of nitrogens with zero attached hydrogens (tertiary/aromatic N) is 4. The minimum Gasteiger partial charge on any atom is -0.338 e. The van der Waals surface area contributed by atoms with Gasteiger partial charge >= 0.3 is 0 Å². The molecule has 0 spiro atoms. The zero-order chi connectivity index (χ0) is 25.4. The minimum absolute atomic E-state index is 0.109. The second kappa shape index (κ2) is 9.47. The molecule has 1 aromatic carbocycles. The van der Waals surface area contributed by atoms with Crippen LogP contribution in [0.2, 0.25) is 0 Å². The van der Waals surface area contributed by atoms with E-state index < -0.39 is 15.6 Å². The molecule has 2 atom stereocenters. The number of hydrogen-bond donors (Lipinski definition) is 2. The number of H-pyrrole nitrogens is 1. The molecule has 1 aliphatic carbocycles. The normalized spacial score (nSPS) is 19.4. The number of anilines is 2. The molecule has 0 bridgehead atoms. The van der Waals surface area contributed by atoms with Crippen molar-refractivity contribution in [1.29, 1.82) is 5.26 Å². The first-order valence-electron chi connectivity index (χ1n) is 11.9. The van der Waals surface area contributed by atoms with Crippen LogP contribution in [0.15, 0.2) is 46.2 Å². The molecule has 2 aromatic heterocycles. The summed E-state index contributed by atoms with van der Waals surface area (Å²) in [6, 6.07) is 10.6. The average Bonchev–Trinajstić information content (AvgIpc) is 3.01. The van der Waals surface area contributed by atoms with Gasteiger partial charge in [-0.15, -0.1) is 0 Å². The largest absolute Gasteiger partial charge is 0.338 e. The highest BCUT2D eigenvalue weighted by atomic mass is 32.2. The highest BCUT2D eigenvalue weighted by Crippen LogP contribution is 2.36. The first-order valence-corrected chi connectivity index (χ1v) is 13.3. The third-order valence-electron chi connectivity index (χ3n) is 6.81. The van der Waals surface area contributed by atoms with E-state index >= 15 is 0 Å². The van der Waals surface area contributed by atoms with Crippen LogP contribution in [0.1, 0.15) is 58.9 Å². The zero-order valence-electron chi connectivity index (χ0n) is 20.6. The van der Waals surface area contributed by atoms with Crippen LogP contribution >= 0.6 is 0 Å². The lowest BCUT2D eigenvalue weighted by molar-refractivity contribution is 0.292. The van der Waals surface area contributed by atoms with Gasteiger partial charge in [0.1, 0.15) is 5.39 Å². The maximum atomic E-state index is 13.0. The standard InChI is InChI=1S/C25H32N6O3S/c1-25(2,3)30(4)35(33,34)19-12-10-18(11-13-19)28-23-22-21(14-15-27-24(22)32)31(29-23)20-9-7-5-6-8-17(20)16-26/h10-15,17,20H,5-9H2,1-4H3,(H,27,32)(H,28,29). The number of benzene rings is 1. The van der Waals surface area contributed by atoms with Crippen molar-refractivity contribution in [2.75, 3.05) is 12.4 Å². The predicted molar refractivity (Wildman–Crippen MR) is 136 cm³/mol. The molecule has 0 amide bonds. The number of rotatable bonds is 5. The van der Waals surface area contributed by atoms with E-state index in [-0.39, 0.29) is 22.4 Å². The number of hydrogen-bond acceptors (Lipinski definition) is 6. The molecule has 1 aliphatic rings. The zero-order valence-corrected chi connectivity index (χ0v) is 21.4. The van der Waals surface area contributed by atoms with Gasteiger partial charge in [-0.3, -0.25) is 9.48 Å². The van der Waals surface area contributed by atoms with Crippen molar-refractivity contribution in [1.82, 2.24) is 19.1 Å². The van der Waals surface area contributed by atoms with Gasteiger partial charge in [0.05, 0.1) is 28.4 Å². The van der Waals surface area contributed by atoms with E-state index in [4.69, 9.17) is 5.10 Å². The Balaban J connectivity index is 1.70. The number of aromatic nitrogens is 3. The Labute approximate surface area is 205 Å². The summed E-state index contributed by atoms with van der Waals surface area (Å²) in [5, 5.41) is 18.1. The Morgan fingerprint density at radius 1 is 1.14 bits per heavy atom. The lowest BCUT2D eigenvalue weighted by atomic mass is 9.96. The monoisotopic (exact) mass is 496 g/mol. The summed E-state index contributed by atoms with van der Waals surface area (Å²) in [6.45, 7) is 5.51. The number of fused-ring (bicyclic) bond motifs is 1. The molecule has 9 nitrogen and oxygen atoms in total. The molecule has 4 rings (SSSR count). The van der Waals surface area contributed by atoms with Crippen molar-refractivity contribution in [2.24, 2.45) is 5.92 Å². The maximum Gasteiger partial charge on any atom is 0.261 e. The Hall–Kier alpha value is -3.16. The summed E-state index contributed by atoms with van der Waals surface area (Å²) in [5.41, 5.74) is 0.454. The highest BCUT2D eigenvalue weighted by molar-refractivity contribution is 7.89. The summed E-state index contributed by atoms with van der Waals surface area (Å²) >= 11 is 0. The van der Waals surface area contributed by atoms with Gasteiger partial charge < -0.3 is 10.3 Å². The smallest absolute Gasteiger partial charge is 0.261 e. The molecular weight excluding hydrogens is 464 g/mol. The van der Waals surface area contributed by atoms with Crippen molar-refractivity contribution < 1.29 is 8.42 Å². The molecule has 2 N–H and O–H groups in total. The molecular formula is C25H32N6O3S. The lowest BCUT2D eigenvalue weighted by Gasteiger charge is -2.30. The van der Waals surface area contributed by atoms with Crippen LogP contribution in [0.5, 0.6) is 0 Å². The van der Waals surface area contributed by atoms with Gasteiger partial charge in [0.15, 0.2) is 5.82 Å². The van der Waals surface area contributed by atoms with Crippen LogP contribution in [-0.4, -0.2) is 40.1 Å². The van der Waals surface area contributed by atoms with Crippen molar-refractivity contribution in [2.45, 2.75) is 69.4 Å². The molecule has 0 saturated heterocycles. The van der Waals surface area contributed by atoms with Gasteiger partial charge in [-0.05, 0) is 63.9 Å². The number of sulfonamides is 1. The minimum atomic E-state index is -3.65. The van der Waals surface area contributed by atoms with Gasteiger partial charge in [-0.1, -0.05) is 19.3 Å². The van der Waals surface area contributed by atoms with Gasteiger partial charge in [0.2, 0.25) is 10.0 Å². The van der Waals surface area contributed by atoms with E-state index in [0.29, 0.717) is 22.4 Å². The molecule has 2 unspecified atom stereocenters. The van der Waals surface area contributed by atoms with Crippen molar-refractivity contribution >= 4 is 32.4 Å². The molecule has 1 fully saturated rings. The molecule has 1 saturated carbocycles. The summed E-state index contributed by atoms with van der Waals surface area (Å²) in [5.74, 6) is 0.210. The Morgan fingerprint density at radius 2 is 1.83 bits per heavy atom. The topological polar surface area (TPSA) is 124 Å². The van der Waals surface area contributed by atoms with Gasteiger partial charge in [0.25, 0.3) is 5.56 Å². The summed E-state index contributed by atoms with van der Waals surface area (Å²) in [6.07, 6.45) is 6.34. The second-order valence-corrected chi connectivity index (χ2v) is 12.1. The molecule has 3 aromatic rings. The Bertz CT molecular complexity index is 1410. The van der Waals surface area contributed by atoms with Crippen molar-refractivity contribution in [3.63, 3.8) is 0 Å². The van der Waals surface area contributed by atoms with Crippen LogP contribution in [0.3, 0.4) is 0 Å². The third kappa shape index (κ3) is 4.83. The van der Waals surface area contributed by atoms with E-state index in [1.54, 1.807) is 37.5 Å². The molecule has 10 heteroatoms. The fourth-order valence-corrected chi connectivity index (χ4v) is 6.05. The maximum absolute atomic E-state index is 13.0. The Morgan fingerprint density at radius 3 is 2.49 bits per heavy atom. The number of nitriles is 1. The van der Waals surface area contributed by atoms with Crippen LogP contribution in [0.4, 0.5) is 11.5 Å². The van der Waals surface area contributed by atoms with E-state index in [9.17, 15) is 18.5 Å². The van der Waals surface area contributed by atoms with Gasteiger partial charge in [0, 0.05) is 24.5 Å². The number of pyridine rings is 1. The van der Waals surface area contributed by atoms with Crippen molar-refractivity contribution in [3.05, 3.63) is 46.9 Å². The van der Waals surface area contributed by atoms with E-state index in [1.165, 1.54) is 4.31 Å². The molecule has 35 heavy (non-hydrogen) atoms. The molecule has 186 valence electrons. The summed E-state index contributed by atoms with van der Waals surface area (Å²) < 4.78 is 29.1. The predicted octanol–water partition coefficient (Wildman–Crippen LogP) is 4.53. The molecule has 2 heterocycles. The molecule has 0 aliphatic heterocycles. The van der Waals surface area contributed by atoms with Crippen molar-refractivity contribution in [3.8, 4) is 6.07 Å². The highest BCUT2D eigenvalue weighted by Gasteiger charge is 2.31. The fourth-order valence-electron chi connectivity index (χ4n) is 4.54. The average molecular weight is 497 g/mol. The summed E-state index contributed by atoms with van der Waals surface area (Å²) in [4.78, 5) is 15.7. The van der Waals surface area contributed by atoms with E-state index in [1.807, 2.05) is 31.5 Å². The van der Waals surface area contributed by atoms with Crippen LogP contribution < -0.4 is 10.9 Å². The number of nitrogens with one attached hydrogen (secondary N) is 2. The quantitative estimate of drug-likeness (QED) is 0.500. The van der Waals surface area contributed by atoms with E-state index in [0.717, 1.165) is 32.1 Å². The lowest BCUT2D eigenvalue weighted by Crippen LogP contribution is -2.42. The first-order chi connectivity index (χ1) is 16.5. The van der Waals surface area contributed by atoms with Crippen LogP contribution in [0.25, 0.3) is 10.9 Å².